The number of aryl methyl sites for hydroxylation is 1. The van der Waals surface area contributed by atoms with Crippen LogP contribution in [0.2, 0.25) is 10.0 Å². The van der Waals surface area contributed by atoms with E-state index < -0.39 is 5.60 Å². The number of ether oxygens (including phenoxy) is 1. The van der Waals surface area contributed by atoms with Crippen molar-refractivity contribution in [2.24, 2.45) is 0 Å². The van der Waals surface area contributed by atoms with E-state index in [1.54, 1.807) is 6.07 Å². The summed E-state index contributed by atoms with van der Waals surface area (Å²) in [5.41, 5.74) is 4.48. The van der Waals surface area contributed by atoms with Crippen LogP contribution in [0.4, 0.5) is 0 Å². The van der Waals surface area contributed by atoms with Crippen LogP contribution >= 0.6 is 23.2 Å². The van der Waals surface area contributed by atoms with E-state index in [2.05, 4.69) is 24.1 Å². The van der Waals surface area contributed by atoms with Gasteiger partial charge in [-0.05, 0) is 76.3 Å². The number of aliphatic hydroxyl groups is 1. The molecule has 2 heterocycles. The minimum absolute atomic E-state index is 0.248. The van der Waals surface area contributed by atoms with Gasteiger partial charge >= 0.3 is 0 Å². The van der Waals surface area contributed by atoms with E-state index in [1.165, 1.54) is 0 Å². The molecule has 2 fully saturated rings. The largest absolute Gasteiger partial charge is 0.489 e. The molecule has 2 aliphatic rings. The lowest BCUT2D eigenvalue weighted by Gasteiger charge is -2.44. The Morgan fingerprint density at radius 2 is 1.89 bits per heavy atom. The molecule has 6 nitrogen and oxygen atoms in total. The third-order valence-corrected chi connectivity index (χ3v) is 8.45. The molecule has 0 spiro atoms. The van der Waals surface area contributed by atoms with Gasteiger partial charge < -0.3 is 14.4 Å². The van der Waals surface area contributed by atoms with Crippen molar-refractivity contribution in [3.63, 3.8) is 0 Å². The lowest BCUT2D eigenvalue weighted by Crippen LogP contribution is -2.41. The highest BCUT2D eigenvalue weighted by molar-refractivity contribution is 6.33. The van der Waals surface area contributed by atoms with Gasteiger partial charge in [0.1, 0.15) is 23.8 Å². The molecule has 198 valence electrons. The number of aromatic nitrogens is 3. The predicted molar refractivity (Wildman–Crippen MR) is 148 cm³/mol. The molecule has 2 aromatic heterocycles. The molecule has 38 heavy (non-hydrogen) atoms. The highest BCUT2D eigenvalue weighted by atomic mass is 35.5. The number of hydrogen-bond donors (Lipinski definition) is 1. The molecule has 0 bridgehead atoms. The van der Waals surface area contributed by atoms with E-state index in [9.17, 15) is 5.11 Å². The van der Waals surface area contributed by atoms with Gasteiger partial charge in [-0.1, -0.05) is 46.6 Å². The van der Waals surface area contributed by atoms with Crippen molar-refractivity contribution in [3.05, 3.63) is 86.9 Å². The van der Waals surface area contributed by atoms with Gasteiger partial charge in [0, 0.05) is 40.9 Å². The summed E-state index contributed by atoms with van der Waals surface area (Å²) >= 11 is 13.3. The summed E-state index contributed by atoms with van der Waals surface area (Å²) < 4.78 is 14.0. The van der Waals surface area contributed by atoms with Crippen LogP contribution in [-0.4, -0.2) is 20.0 Å². The number of halogens is 2. The van der Waals surface area contributed by atoms with Crippen LogP contribution in [0.25, 0.3) is 11.3 Å². The summed E-state index contributed by atoms with van der Waals surface area (Å²) in [5, 5.41) is 21.3. The Morgan fingerprint density at radius 3 is 2.58 bits per heavy atom. The standard InChI is InChI=1S/C30H31Cl2N3O3/c1-17(2)35-26(11-12-33-35)20-14-30(36,15-20)23-10-9-21(13-25(23)32)37-16-22-28(34-38-29(22)19-7-8-19)27-18(3)5-4-6-24(27)31/h4-6,9-13,17,19-20,36H,7-8,14-16H2,1-3H3. The van der Waals surface area contributed by atoms with Crippen LogP contribution in [0.5, 0.6) is 5.75 Å². The van der Waals surface area contributed by atoms with Gasteiger partial charge in [-0.3, -0.25) is 4.68 Å². The summed E-state index contributed by atoms with van der Waals surface area (Å²) in [6.45, 7) is 6.53. The first-order chi connectivity index (χ1) is 18.2. The molecule has 0 amide bonds. The van der Waals surface area contributed by atoms with Crippen molar-refractivity contribution in [1.29, 1.82) is 0 Å². The maximum atomic E-state index is 11.4. The molecule has 2 saturated carbocycles. The summed E-state index contributed by atoms with van der Waals surface area (Å²) in [4.78, 5) is 0. The van der Waals surface area contributed by atoms with Crippen molar-refractivity contribution in [2.45, 2.75) is 76.5 Å². The lowest BCUT2D eigenvalue weighted by molar-refractivity contribution is -0.0569. The second kappa shape index (κ2) is 9.74. The minimum Gasteiger partial charge on any atom is -0.489 e. The van der Waals surface area contributed by atoms with Crippen molar-refractivity contribution >= 4 is 23.2 Å². The average Bonchev–Trinajstić information content (AvgIpc) is 3.42. The van der Waals surface area contributed by atoms with E-state index in [1.807, 2.05) is 54.2 Å². The fraction of sp³-hybridized carbons (Fsp3) is 0.400. The van der Waals surface area contributed by atoms with Crippen LogP contribution in [0.3, 0.4) is 0 Å². The Kier molecular flexibility index (Phi) is 6.53. The highest BCUT2D eigenvalue weighted by Gasteiger charge is 2.47. The SMILES string of the molecule is Cc1cccc(Cl)c1-c1noc(C2CC2)c1COc1ccc(C2(O)CC(c3ccnn3C(C)C)C2)c(Cl)c1. The van der Waals surface area contributed by atoms with E-state index in [-0.39, 0.29) is 18.6 Å². The second-order valence-electron chi connectivity index (χ2n) is 10.9. The Labute approximate surface area is 232 Å². The molecule has 0 unspecified atom stereocenters. The van der Waals surface area contributed by atoms with Crippen LogP contribution in [-0.2, 0) is 12.2 Å². The van der Waals surface area contributed by atoms with Crippen LogP contribution in [0.1, 0.15) is 85.6 Å². The first kappa shape index (κ1) is 25.5. The van der Waals surface area contributed by atoms with Crippen LogP contribution < -0.4 is 4.74 Å². The summed E-state index contributed by atoms with van der Waals surface area (Å²) in [6.07, 6.45) is 5.21. The fourth-order valence-corrected chi connectivity index (χ4v) is 6.30. The first-order valence-corrected chi connectivity index (χ1v) is 13.9. The summed E-state index contributed by atoms with van der Waals surface area (Å²) in [6, 6.07) is 13.7. The van der Waals surface area contributed by atoms with Gasteiger partial charge in [0.2, 0.25) is 0 Å². The Balaban J connectivity index is 1.20. The zero-order valence-corrected chi connectivity index (χ0v) is 23.3. The quantitative estimate of drug-likeness (QED) is 0.240. The molecule has 0 atom stereocenters. The second-order valence-corrected chi connectivity index (χ2v) is 11.8. The zero-order chi connectivity index (χ0) is 26.6. The van der Waals surface area contributed by atoms with E-state index >= 15 is 0 Å². The molecule has 0 aliphatic heterocycles. The van der Waals surface area contributed by atoms with Gasteiger partial charge in [-0.25, -0.2) is 0 Å². The van der Waals surface area contributed by atoms with Gasteiger partial charge in [0.25, 0.3) is 0 Å². The Hall–Kier alpha value is -2.80. The normalized spacial score (nSPS) is 21.1. The maximum absolute atomic E-state index is 11.4. The summed E-state index contributed by atoms with van der Waals surface area (Å²) in [5.74, 6) is 2.12. The Bertz CT molecular complexity index is 1460. The van der Waals surface area contributed by atoms with Crippen molar-refractivity contribution in [1.82, 2.24) is 14.9 Å². The molecule has 2 aromatic carbocycles. The maximum Gasteiger partial charge on any atom is 0.147 e. The third kappa shape index (κ3) is 4.53. The van der Waals surface area contributed by atoms with Gasteiger partial charge in [0.15, 0.2) is 0 Å². The smallest absolute Gasteiger partial charge is 0.147 e. The first-order valence-electron chi connectivity index (χ1n) is 13.2. The number of hydrogen-bond acceptors (Lipinski definition) is 5. The van der Waals surface area contributed by atoms with Crippen molar-refractivity contribution in [3.8, 4) is 17.0 Å². The average molecular weight is 553 g/mol. The Morgan fingerprint density at radius 1 is 1.11 bits per heavy atom. The van der Waals surface area contributed by atoms with Crippen molar-refractivity contribution < 1.29 is 14.4 Å². The topological polar surface area (TPSA) is 73.3 Å². The van der Waals surface area contributed by atoms with E-state index in [0.29, 0.717) is 34.6 Å². The van der Waals surface area contributed by atoms with Gasteiger partial charge in [-0.2, -0.15) is 5.10 Å². The molecule has 0 radical (unpaired) electrons. The molecule has 6 rings (SSSR count). The van der Waals surface area contributed by atoms with Gasteiger partial charge in [0.05, 0.1) is 21.2 Å². The molecule has 2 aliphatic carbocycles. The van der Waals surface area contributed by atoms with Gasteiger partial charge in [-0.15, -0.1) is 0 Å². The third-order valence-electron chi connectivity index (χ3n) is 7.83. The molecule has 8 heteroatoms. The minimum atomic E-state index is -0.964. The molecule has 0 saturated heterocycles. The lowest BCUT2D eigenvalue weighted by atomic mass is 9.66. The molecule has 1 N–H and O–H groups in total. The van der Waals surface area contributed by atoms with E-state index in [4.69, 9.17) is 32.5 Å². The molecule has 4 aromatic rings. The summed E-state index contributed by atoms with van der Waals surface area (Å²) in [7, 11) is 0. The number of nitrogens with zero attached hydrogens (tertiary/aromatic N) is 3. The monoisotopic (exact) mass is 551 g/mol. The van der Waals surface area contributed by atoms with E-state index in [0.717, 1.165) is 52.2 Å². The predicted octanol–water partition coefficient (Wildman–Crippen LogP) is 7.96. The number of benzene rings is 2. The van der Waals surface area contributed by atoms with Crippen LogP contribution in [0, 0.1) is 6.92 Å². The van der Waals surface area contributed by atoms with Crippen molar-refractivity contribution in [2.75, 3.05) is 0 Å². The zero-order valence-electron chi connectivity index (χ0n) is 21.7. The molecular formula is C30H31Cl2N3O3. The molecular weight excluding hydrogens is 521 g/mol. The van der Waals surface area contributed by atoms with Crippen LogP contribution in [0.15, 0.2) is 53.2 Å². The fourth-order valence-electron chi connectivity index (χ4n) is 5.64. The highest BCUT2D eigenvalue weighted by Crippen LogP contribution is 2.53. The number of rotatable bonds is 8.